The maximum absolute atomic E-state index is 3.97. The van der Waals surface area contributed by atoms with Crippen LogP contribution in [0.4, 0.5) is 0 Å². The highest BCUT2D eigenvalue weighted by atomic mass is 32.2. The molecule has 0 aliphatic carbocycles. The van der Waals surface area contributed by atoms with Crippen LogP contribution in [0.1, 0.15) is 58.6 Å². The van der Waals surface area contributed by atoms with Gasteiger partial charge in [0.15, 0.2) is 0 Å². The third-order valence-corrected chi connectivity index (χ3v) is 5.71. The van der Waals surface area contributed by atoms with Gasteiger partial charge in [0.2, 0.25) is 0 Å². The Morgan fingerprint density at radius 1 is 1.10 bits per heavy atom. The van der Waals surface area contributed by atoms with Crippen LogP contribution in [0.2, 0.25) is 0 Å². The summed E-state index contributed by atoms with van der Waals surface area (Å²) in [5.74, 6) is 1.23. The first kappa shape index (κ1) is 15.4. The molecule has 1 saturated heterocycles. The van der Waals surface area contributed by atoms with Crippen LogP contribution in [-0.4, -0.2) is 22.9 Å². The lowest BCUT2D eigenvalue weighted by atomic mass is 9.79. The summed E-state index contributed by atoms with van der Waals surface area (Å²) in [7, 11) is 0. The predicted octanol–water partition coefficient (Wildman–Crippen LogP) is 4.12. The van der Waals surface area contributed by atoms with Crippen molar-refractivity contribution in [2.24, 2.45) is 0 Å². The maximum atomic E-state index is 3.97. The van der Waals surface area contributed by atoms with Gasteiger partial charge in [0.1, 0.15) is 0 Å². The van der Waals surface area contributed by atoms with Crippen LogP contribution >= 0.6 is 11.8 Å². The first-order valence-electron chi connectivity index (χ1n) is 8.12. The standard InChI is InChI=1S/C18H28N2S/c1-17(2)11-13(12-18(3,4)20-17)19-15-9-10-21-16-8-6-5-7-14(15)16/h5-8,13,15,19-20H,9-12H2,1-4H3. The third kappa shape index (κ3) is 3.64. The van der Waals surface area contributed by atoms with Crippen LogP contribution in [0.3, 0.4) is 0 Å². The van der Waals surface area contributed by atoms with Crippen molar-refractivity contribution in [2.75, 3.05) is 5.75 Å². The van der Waals surface area contributed by atoms with Gasteiger partial charge in [0, 0.05) is 28.1 Å². The van der Waals surface area contributed by atoms with Crippen LogP contribution in [0, 0.1) is 0 Å². The molecule has 3 heteroatoms. The molecule has 2 nitrogen and oxygen atoms in total. The summed E-state index contributed by atoms with van der Waals surface area (Å²) >= 11 is 2.00. The van der Waals surface area contributed by atoms with E-state index in [-0.39, 0.29) is 11.1 Å². The summed E-state index contributed by atoms with van der Waals surface area (Å²) in [4.78, 5) is 1.47. The van der Waals surface area contributed by atoms with E-state index in [0.717, 1.165) is 0 Å². The molecule has 1 aromatic carbocycles. The molecule has 1 unspecified atom stereocenters. The molecule has 0 aromatic heterocycles. The van der Waals surface area contributed by atoms with E-state index in [0.29, 0.717) is 12.1 Å². The van der Waals surface area contributed by atoms with Crippen molar-refractivity contribution in [3.8, 4) is 0 Å². The SMILES string of the molecule is CC1(C)CC(NC2CCSc3ccccc32)CC(C)(C)N1. The normalized spacial score (nSPS) is 28.1. The van der Waals surface area contributed by atoms with Crippen LogP contribution in [0.15, 0.2) is 29.2 Å². The topological polar surface area (TPSA) is 24.1 Å². The molecule has 1 atom stereocenters. The van der Waals surface area contributed by atoms with E-state index in [1.54, 1.807) is 0 Å². The van der Waals surface area contributed by atoms with Crippen molar-refractivity contribution in [1.29, 1.82) is 0 Å². The lowest BCUT2D eigenvalue weighted by Crippen LogP contribution is -2.61. The Morgan fingerprint density at radius 3 is 2.48 bits per heavy atom. The van der Waals surface area contributed by atoms with Crippen LogP contribution < -0.4 is 10.6 Å². The summed E-state index contributed by atoms with van der Waals surface area (Å²) in [5, 5.41) is 7.75. The highest BCUT2D eigenvalue weighted by molar-refractivity contribution is 7.99. The first-order chi connectivity index (χ1) is 9.85. The summed E-state index contributed by atoms with van der Waals surface area (Å²) in [6.07, 6.45) is 3.64. The van der Waals surface area contributed by atoms with E-state index in [1.807, 2.05) is 11.8 Å². The second-order valence-electron chi connectivity index (χ2n) is 7.89. The molecule has 0 spiro atoms. The number of rotatable bonds is 2. The van der Waals surface area contributed by atoms with Gasteiger partial charge in [-0.3, -0.25) is 0 Å². The molecule has 0 bridgehead atoms. The fourth-order valence-electron chi connectivity index (χ4n) is 4.24. The molecule has 116 valence electrons. The van der Waals surface area contributed by atoms with E-state index < -0.39 is 0 Å². The molecule has 3 rings (SSSR count). The zero-order valence-electron chi connectivity index (χ0n) is 13.7. The van der Waals surface area contributed by atoms with E-state index in [1.165, 1.54) is 35.5 Å². The minimum atomic E-state index is 0.211. The summed E-state index contributed by atoms with van der Waals surface area (Å²) in [6.45, 7) is 9.31. The van der Waals surface area contributed by atoms with Crippen molar-refractivity contribution >= 4 is 11.8 Å². The zero-order chi connectivity index (χ0) is 15.1. The maximum Gasteiger partial charge on any atom is 0.0341 e. The molecule has 2 heterocycles. The minimum absolute atomic E-state index is 0.211. The van der Waals surface area contributed by atoms with Gasteiger partial charge in [-0.15, -0.1) is 11.8 Å². The molecule has 2 N–H and O–H groups in total. The summed E-state index contributed by atoms with van der Waals surface area (Å²) < 4.78 is 0. The highest BCUT2D eigenvalue weighted by Crippen LogP contribution is 2.37. The molecule has 2 aliphatic heterocycles. The summed E-state index contributed by atoms with van der Waals surface area (Å²) in [6, 6.07) is 10.0. The molecule has 0 radical (unpaired) electrons. The number of fused-ring (bicyclic) bond motifs is 1. The van der Waals surface area contributed by atoms with Gasteiger partial charge in [-0.05, 0) is 64.3 Å². The average molecular weight is 305 g/mol. The Balaban J connectivity index is 1.75. The fraction of sp³-hybridized carbons (Fsp3) is 0.667. The lowest BCUT2D eigenvalue weighted by Gasteiger charge is -2.48. The van der Waals surface area contributed by atoms with Crippen molar-refractivity contribution in [3.63, 3.8) is 0 Å². The molecule has 0 amide bonds. The quantitative estimate of drug-likeness (QED) is 0.859. The number of hydrogen-bond acceptors (Lipinski definition) is 3. The molecule has 1 fully saturated rings. The first-order valence-corrected chi connectivity index (χ1v) is 9.10. The number of piperidine rings is 1. The number of benzene rings is 1. The van der Waals surface area contributed by atoms with E-state index in [9.17, 15) is 0 Å². The minimum Gasteiger partial charge on any atom is -0.307 e. The summed E-state index contributed by atoms with van der Waals surface area (Å²) in [5.41, 5.74) is 1.92. The lowest BCUT2D eigenvalue weighted by molar-refractivity contribution is 0.138. The van der Waals surface area contributed by atoms with Crippen LogP contribution in [-0.2, 0) is 0 Å². The van der Waals surface area contributed by atoms with Crippen LogP contribution in [0.5, 0.6) is 0 Å². The largest absolute Gasteiger partial charge is 0.307 e. The van der Waals surface area contributed by atoms with Gasteiger partial charge in [0.05, 0.1) is 0 Å². The van der Waals surface area contributed by atoms with Crippen molar-refractivity contribution in [1.82, 2.24) is 10.6 Å². The van der Waals surface area contributed by atoms with Gasteiger partial charge < -0.3 is 10.6 Å². The van der Waals surface area contributed by atoms with Gasteiger partial charge in [-0.25, -0.2) is 0 Å². The Kier molecular flexibility index (Phi) is 4.10. The Labute approximate surface area is 133 Å². The second kappa shape index (κ2) is 5.60. The Morgan fingerprint density at radius 2 is 1.76 bits per heavy atom. The predicted molar refractivity (Wildman–Crippen MR) is 92.0 cm³/mol. The monoisotopic (exact) mass is 304 g/mol. The van der Waals surface area contributed by atoms with Gasteiger partial charge >= 0.3 is 0 Å². The second-order valence-corrected chi connectivity index (χ2v) is 9.03. The number of nitrogens with one attached hydrogen (secondary N) is 2. The van der Waals surface area contributed by atoms with E-state index in [2.05, 4.69) is 62.6 Å². The molecular formula is C18H28N2S. The van der Waals surface area contributed by atoms with Crippen molar-refractivity contribution in [2.45, 2.75) is 75.0 Å². The van der Waals surface area contributed by atoms with E-state index in [4.69, 9.17) is 0 Å². The molecule has 1 aromatic rings. The van der Waals surface area contributed by atoms with Gasteiger partial charge in [-0.2, -0.15) is 0 Å². The molecule has 2 aliphatic rings. The number of thioether (sulfide) groups is 1. The zero-order valence-corrected chi connectivity index (χ0v) is 14.5. The average Bonchev–Trinajstić information content (AvgIpc) is 2.35. The van der Waals surface area contributed by atoms with E-state index >= 15 is 0 Å². The fourth-order valence-corrected chi connectivity index (χ4v) is 5.37. The highest BCUT2D eigenvalue weighted by Gasteiger charge is 2.38. The Bertz CT molecular complexity index is 494. The molecule has 0 saturated carbocycles. The Hall–Kier alpha value is -0.510. The smallest absolute Gasteiger partial charge is 0.0341 e. The van der Waals surface area contributed by atoms with Crippen molar-refractivity contribution < 1.29 is 0 Å². The van der Waals surface area contributed by atoms with Crippen molar-refractivity contribution in [3.05, 3.63) is 29.8 Å². The van der Waals surface area contributed by atoms with Crippen LogP contribution in [0.25, 0.3) is 0 Å². The van der Waals surface area contributed by atoms with Gasteiger partial charge in [0.25, 0.3) is 0 Å². The number of hydrogen-bond donors (Lipinski definition) is 2. The molecule has 21 heavy (non-hydrogen) atoms. The third-order valence-electron chi connectivity index (χ3n) is 4.59. The van der Waals surface area contributed by atoms with Gasteiger partial charge in [-0.1, -0.05) is 18.2 Å². The molecular weight excluding hydrogens is 276 g/mol.